The van der Waals surface area contributed by atoms with Crippen molar-refractivity contribution in [2.24, 2.45) is 0 Å². The van der Waals surface area contributed by atoms with E-state index in [0.29, 0.717) is 27.9 Å². The van der Waals surface area contributed by atoms with Crippen LogP contribution in [-0.2, 0) is 6.42 Å². The van der Waals surface area contributed by atoms with E-state index >= 15 is 0 Å². The maximum Gasteiger partial charge on any atom is 0.294 e. The Morgan fingerprint density at radius 1 is 1.04 bits per heavy atom. The second-order valence-corrected chi connectivity index (χ2v) is 6.47. The molecule has 1 amide bonds. The number of hydrogen-bond acceptors (Lipinski definition) is 2. The standard InChI is InChI=1S/C19H13Cl2NO2/c20-13-5-6-15(21)14(11-13)17-7-8-18(24-17)19(23)22-10-9-12-3-1-2-4-16(12)22/h1-8,11H,9-10H2. The molecule has 0 radical (unpaired) electrons. The fourth-order valence-corrected chi connectivity index (χ4v) is 3.35. The second kappa shape index (κ2) is 6.00. The number of nitrogens with zero attached hydrogens (tertiary/aromatic N) is 1. The molecule has 0 saturated heterocycles. The molecule has 2 aromatic carbocycles. The van der Waals surface area contributed by atoms with Crippen LogP contribution in [0.3, 0.4) is 0 Å². The Morgan fingerprint density at radius 3 is 2.75 bits per heavy atom. The van der Waals surface area contributed by atoms with Gasteiger partial charge in [-0.15, -0.1) is 0 Å². The first kappa shape index (κ1) is 15.3. The van der Waals surface area contributed by atoms with Crippen molar-refractivity contribution < 1.29 is 9.21 Å². The first-order valence-electron chi connectivity index (χ1n) is 7.58. The predicted molar refractivity (Wildman–Crippen MR) is 96.0 cm³/mol. The number of carbonyl (C=O) groups excluding carboxylic acids is 1. The minimum Gasteiger partial charge on any atom is -0.451 e. The van der Waals surface area contributed by atoms with Gasteiger partial charge in [-0.05, 0) is 48.4 Å². The number of hydrogen-bond donors (Lipinski definition) is 0. The summed E-state index contributed by atoms with van der Waals surface area (Å²) in [7, 11) is 0. The topological polar surface area (TPSA) is 33.5 Å². The van der Waals surface area contributed by atoms with Crippen LogP contribution in [0.1, 0.15) is 16.1 Å². The summed E-state index contributed by atoms with van der Waals surface area (Å²) in [5, 5.41) is 1.09. The van der Waals surface area contributed by atoms with Crippen LogP contribution in [0.4, 0.5) is 5.69 Å². The number of fused-ring (bicyclic) bond motifs is 1. The number of halogens is 2. The molecule has 3 aromatic rings. The summed E-state index contributed by atoms with van der Waals surface area (Å²) in [5.74, 6) is 0.667. The quantitative estimate of drug-likeness (QED) is 0.610. The Labute approximate surface area is 149 Å². The largest absolute Gasteiger partial charge is 0.451 e. The summed E-state index contributed by atoms with van der Waals surface area (Å²) in [6.07, 6.45) is 0.857. The summed E-state index contributed by atoms with van der Waals surface area (Å²) in [4.78, 5) is 14.5. The third-order valence-electron chi connectivity index (χ3n) is 4.14. The van der Waals surface area contributed by atoms with Crippen molar-refractivity contribution in [3.8, 4) is 11.3 Å². The summed E-state index contributed by atoms with van der Waals surface area (Å²) in [6, 6.07) is 16.5. The molecular formula is C19H13Cl2NO2. The Kier molecular flexibility index (Phi) is 3.83. The van der Waals surface area contributed by atoms with Crippen LogP contribution in [0, 0.1) is 0 Å². The summed E-state index contributed by atoms with van der Waals surface area (Å²) in [5.41, 5.74) is 2.79. The molecule has 4 rings (SSSR count). The maximum atomic E-state index is 12.8. The lowest BCUT2D eigenvalue weighted by Crippen LogP contribution is -2.28. The molecule has 0 N–H and O–H groups in total. The lowest BCUT2D eigenvalue weighted by molar-refractivity contribution is 0.0963. The molecule has 0 aliphatic carbocycles. The molecule has 3 nitrogen and oxygen atoms in total. The highest BCUT2D eigenvalue weighted by atomic mass is 35.5. The monoisotopic (exact) mass is 357 g/mol. The smallest absolute Gasteiger partial charge is 0.294 e. The molecule has 1 aliphatic rings. The van der Waals surface area contributed by atoms with E-state index < -0.39 is 0 Å². The Hall–Kier alpha value is -2.23. The molecule has 0 spiro atoms. The molecule has 1 aliphatic heterocycles. The molecule has 0 bridgehead atoms. The Morgan fingerprint density at radius 2 is 1.88 bits per heavy atom. The van der Waals surface area contributed by atoms with Gasteiger partial charge in [-0.25, -0.2) is 0 Å². The first-order chi connectivity index (χ1) is 11.6. The molecule has 120 valence electrons. The molecule has 0 fully saturated rings. The number of para-hydroxylation sites is 1. The number of furan rings is 1. The SMILES string of the molecule is O=C(c1ccc(-c2cc(Cl)ccc2Cl)o1)N1CCc2ccccc21. The van der Waals surface area contributed by atoms with Crippen molar-refractivity contribution in [3.05, 3.63) is 76.0 Å². The van der Waals surface area contributed by atoms with Crippen molar-refractivity contribution in [3.63, 3.8) is 0 Å². The summed E-state index contributed by atoms with van der Waals surface area (Å²) >= 11 is 12.2. The van der Waals surface area contributed by atoms with Crippen molar-refractivity contribution in [2.75, 3.05) is 11.4 Å². The van der Waals surface area contributed by atoms with E-state index in [1.165, 1.54) is 5.56 Å². The molecular weight excluding hydrogens is 345 g/mol. The number of carbonyl (C=O) groups is 1. The maximum absolute atomic E-state index is 12.8. The van der Waals surface area contributed by atoms with Gasteiger partial charge in [0, 0.05) is 22.8 Å². The van der Waals surface area contributed by atoms with Crippen LogP contribution < -0.4 is 4.90 Å². The van der Waals surface area contributed by atoms with E-state index in [0.717, 1.165) is 12.1 Å². The fourth-order valence-electron chi connectivity index (χ4n) is 2.97. The lowest BCUT2D eigenvalue weighted by atomic mass is 10.2. The molecule has 0 unspecified atom stereocenters. The molecule has 2 heterocycles. The highest BCUT2D eigenvalue weighted by molar-refractivity contribution is 6.35. The first-order valence-corrected chi connectivity index (χ1v) is 8.34. The summed E-state index contributed by atoms with van der Waals surface area (Å²) < 4.78 is 5.76. The van der Waals surface area contributed by atoms with Gasteiger partial charge in [-0.1, -0.05) is 41.4 Å². The predicted octanol–water partition coefficient (Wildman–Crippen LogP) is 5.46. The van der Waals surface area contributed by atoms with Crippen LogP contribution in [-0.4, -0.2) is 12.5 Å². The van der Waals surface area contributed by atoms with Gasteiger partial charge in [-0.3, -0.25) is 4.79 Å². The number of amides is 1. The van der Waals surface area contributed by atoms with Crippen LogP contribution in [0.15, 0.2) is 59.0 Å². The third-order valence-corrected chi connectivity index (χ3v) is 4.71. The minimum absolute atomic E-state index is 0.149. The molecule has 24 heavy (non-hydrogen) atoms. The van der Waals surface area contributed by atoms with Gasteiger partial charge in [0.25, 0.3) is 5.91 Å². The Balaban J connectivity index is 1.66. The zero-order chi connectivity index (χ0) is 16.7. The van der Waals surface area contributed by atoms with E-state index in [1.54, 1.807) is 35.2 Å². The zero-order valence-corrected chi connectivity index (χ0v) is 14.1. The highest BCUT2D eigenvalue weighted by Gasteiger charge is 2.27. The number of anilines is 1. The molecule has 1 aromatic heterocycles. The average molecular weight is 358 g/mol. The lowest BCUT2D eigenvalue weighted by Gasteiger charge is -2.15. The summed E-state index contributed by atoms with van der Waals surface area (Å²) in [6.45, 7) is 0.659. The van der Waals surface area contributed by atoms with Gasteiger partial charge in [0.1, 0.15) is 5.76 Å². The van der Waals surface area contributed by atoms with Crippen LogP contribution >= 0.6 is 23.2 Å². The van der Waals surface area contributed by atoms with Gasteiger partial charge in [-0.2, -0.15) is 0 Å². The van der Waals surface area contributed by atoms with Crippen LogP contribution in [0.2, 0.25) is 10.0 Å². The van der Waals surface area contributed by atoms with Crippen molar-refractivity contribution in [1.29, 1.82) is 0 Å². The fraction of sp³-hybridized carbons (Fsp3) is 0.105. The van der Waals surface area contributed by atoms with Gasteiger partial charge in [0.05, 0.1) is 5.02 Å². The highest BCUT2D eigenvalue weighted by Crippen LogP contribution is 2.33. The van der Waals surface area contributed by atoms with Crippen LogP contribution in [0.25, 0.3) is 11.3 Å². The van der Waals surface area contributed by atoms with Gasteiger partial charge in [0.15, 0.2) is 5.76 Å². The number of benzene rings is 2. The van der Waals surface area contributed by atoms with Gasteiger partial charge >= 0.3 is 0 Å². The molecule has 0 atom stereocenters. The second-order valence-electron chi connectivity index (χ2n) is 5.62. The third kappa shape index (κ3) is 2.60. The van der Waals surface area contributed by atoms with E-state index in [9.17, 15) is 4.79 Å². The van der Waals surface area contributed by atoms with Gasteiger partial charge in [0.2, 0.25) is 0 Å². The van der Waals surface area contributed by atoms with E-state index in [1.807, 2.05) is 24.3 Å². The van der Waals surface area contributed by atoms with Crippen molar-refractivity contribution >= 4 is 34.8 Å². The van der Waals surface area contributed by atoms with E-state index in [-0.39, 0.29) is 11.7 Å². The van der Waals surface area contributed by atoms with Crippen molar-refractivity contribution in [2.45, 2.75) is 6.42 Å². The minimum atomic E-state index is -0.149. The van der Waals surface area contributed by atoms with E-state index in [2.05, 4.69) is 0 Å². The van der Waals surface area contributed by atoms with Gasteiger partial charge < -0.3 is 9.32 Å². The molecule has 5 heteroatoms. The van der Waals surface area contributed by atoms with Crippen molar-refractivity contribution in [1.82, 2.24) is 0 Å². The average Bonchev–Trinajstić information content (AvgIpc) is 3.23. The molecule has 0 saturated carbocycles. The van der Waals surface area contributed by atoms with Crippen LogP contribution in [0.5, 0.6) is 0 Å². The Bertz CT molecular complexity index is 933. The zero-order valence-electron chi connectivity index (χ0n) is 12.6. The normalized spacial score (nSPS) is 13.2. The number of rotatable bonds is 2. The van der Waals surface area contributed by atoms with E-state index in [4.69, 9.17) is 27.6 Å².